The summed E-state index contributed by atoms with van der Waals surface area (Å²) in [5.74, 6) is -0.210. The molecule has 0 aliphatic carbocycles. The zero-order chi connectivity index (χ0) is 15.4. The van der Waals surface area contributed by atoms with Gasteiger partial charge in [-0.1, -0.05) is 23.7 Å². The van der Waals surface area contributed by atoms with Gasteiger partial charge in [0.1, 0.15) is 5.15 Å². The number of nitriles is 1. The maximum Gasteiger partial charge on any atom is 0.257 e. The number of hydrogen-bond donors (Lipinski definition) is 0. The second-order valence-electron chi connectivity index (χ2n) is 4.46. The van der Waals surface area contributed by atoms with Crippen molar-refractivity contribution in [2.45, 2.75) is 6.54 Å². The molecule has 1 aromatic carbocycles. The summed E-state index contributed by atoms with van der Waals surface area (Å²) in [7, 11) is 1.69. The summed E-state index contributed by atoms with van der Waals surface area (Å²) in [5.41, 5.74) is 1.87. The van der Waals surface area contributed by atoms with Crippen molar-refractivity contribution in [1.82, 2.24) is 9.88 Å². The Morgan fingerprint density at radius 1 is 1.43 bits per heavy atom. The fraction of sp³-hybridized carbons (Fsp3) is 0.133. The topological polar surface area (TPSA) is 57.0 Å². The second-order valence-corrected chi connectivity index (χ2v) is 5.74. The highest BCUT2D eigenvalue weighted by atomic mass is 79.9. The lowest BCUT2D eigenvalue weighted by atomic mass is 10.1. The van der Waals surface area contributed by atoms with Crippen LogP contribution < -0.4 is 0 Å². The molecule has 2 rings (SSSR count). The van der Waals surface area contributed by atoms with Gasteiger partial charge in [0.2, 0.25) is 0 Å². The molecule has 0 atom stereocenters. The number of halogens is 2. The Morgan fingerprint density at radius 3 is 2.71 bits per heavy atom. The van der Waals surface area contributed by atoms with Crippen molar-refractivity contribution < 1.29 is 4.79 Å². The zero-order valence-electron chi connectivity index (χ0n) is 11.2. The van der Waals surface area contributed by atoms with Gasteiger partial charge in [-0.2, -0.15) is 5.26 Å². The van der Waals surface area contributed by atoms with Gasteiger partial charge in [0.15, 0.2) is 0 Å². The molecule has 1 aromatic heterocycles. The first-order valence-electron chi connectivity index (χ1n) is 6.07. The lowest BCUT2D eigenvalue weighted by molar-refractivity contribution is 0.0785. The van der Waals surface area contributed by atoms with Crippen LogP contribution in [0.15, 0.2) is 41.0 Å². The molecule has 106 valence electrons. The first-order valence-corrected chi connectivity index (χ1v) is 7.24. The maximum atomic E-state index is 12.4. The third kappa shape index (κ3) is 3.81. The van der Waals surface area contributed by atoms with Crippen LogP contribution in [0.1, 0.15) is 21.5 Å². The number of pyridine rings is 1. The van der Waals surface area contributed by atoms with Crippen molar-refractivity contribution >= 4 is 33.4 Å². The van der Waals surface area contributed by atoms with E-state index >= 15 is 0 Å². The molecule has 0 spiro atoms. The van der Waals surface area contributed by atoms with Crippen molar-refractivity contribution in [3.05, 3.63) is 62.8 Å². The van der Waals surface area contributed by atoms with Gasteiger partial charge >= 0.3 is 0 Å². The van der Waals surface area contributed by atoms with E-state index in [2.05, 4.69) is 27.0 Å². The number of amides is 1. The fourth-order valence-corrected chi connectivity index (χ4v) is 2.32. The molecular formula is C15H11BrClN3O. The first-order chi connectivity index (χ1) is 10.0. The SMILES string of the molecule is CN(Cc1ccc(C#N)cc1)C(=O)c1cc(Br)cnc1Cl. The Kier molecular flexibility index (Phi) is 4.94. The van der Waals surface area contributed by atoms with Crippen molar-refractivity contribution in [2.24, 2.45) is 0 Å². The molecule has 21 heavy (non-hydrogen) atoms. The number of nitrogens with zero attached hydrogens (tertiary/aromatic N) is 3. The third-order valence-corrected chi connectivity index (χ3v) is 3.62. The molecule has 1 heterocycles. The Bertz CT molecular complexity index is 710. The Morgan fingerprint density at radius 2 is 2.10 bits per heavy atom. The molecule has 0 radical (unpaired) electrons. The highest BCUT2D eigenvalue weighted by molar-refractivity contribution is 9.10. The van der Waals surface area contributed by atoms with E-state index in [0.717, 1.165) is 5.56 Å². The number of carbonyl (C=O) groups is 1. The normalized spacial score (nSPS) is 10.0. The molecule has 0 fully saturated rings. The molecule has 0 aliphatic heterocycles. The first kappa shape index (κ1) is 15.5. The van der Waals surface area contributed by atoms with Gasteiger partial charge < -0.3 is 4.90 Å². The predicted molar refractivity (Wildman–Crippen MR) is 83.9 cm³/mol. The fourth-order valence-electron chi connectivity index (χ4n) is 1.81. The molecule has 0 N–H and O–H groups in total. The van der Waals surface area contributed by atoms with Crippen LogP contribution in [0, 0.1) is 11.3 Å². The maximum absolute atomic E-state index is 12.4. The summed E-state index contributed by atoms with van der Waals surface area (Å²) in [5, 5.41) is 8.94. The van der Waals surface area contributed by atoms with E-state index in [0.29, 0.717) is 22.1 Å². The van der Waals surface area contributed by atoms with Crippen LogP contribution >= 0.6 is 27.5 Å². The van der Waals surface area contributed by atoms with Crippen molar-refractivity contribution in [3.63, 3.8) is 0 Å². The van der Waals surface area contributed by atoms with Gasteiger partial charge in [-0.25, -0.2) is 4.98 Å². The summed E-state index contributed by atoms with van der Waals surface area (Å²) < 4.78 is 0.696. The minimum atomic E-state index is -0.210. The molecule has 0 unspecified atom stereocenters. The van der Waals surface area contributed by atoms with Crippen LogP contribution in [0.5, 0.6) is 0 Å². The largest absolute Gasteiger partial charge is 0.337 e. The standard InChI is InChI=1S/C15H11BrClN3O/c1-20(9-11-4-2-10(7-18)3-5-11)15(21)13-6-12(16)8-19-14(13)17/h2-6,8H,9H2,1H3. The van der Waals surface area contributed by atoms with Crippen molar-refractivity contribution in [1.29, 1.82) is 5.26 Å². The molecule has 2 aromatic rings. The highest BCUT2D eigenvalue weighted by Gasteiger charge is 2.16. The lowest BCUT2D eigenvalue weighted by Gasteiger charge is -2.18. The van der Waals surface area contributed by atoms with Crippen LogP contribution in [0.2, 0.25) is 5.15 Å². The number of hydrogen-bond acceptors (Lipinski definition) is 3. The summed E-state index contributed by atoms with van der Waals surface area (Å²) in [6, 6.07) is 10.8. The lowest BCUT2D eigenvalue weighted by Crippen LogP contribution is -2.26. The Balaban J connectivity index is 2.15. The van der Waals surface area contributed by atoms with Crippen LogP contribution in [-0.2, 0) is 6.54 Å². The summed E-state index contributed by atoms with van der Waals surface area (Å²) >= 11 is 9.24. The second kappa shape index (κ2) is 6.70. The predicted octanol–water partition coefficient (Wildman–Crippen LogP) is 3.64. The number of benzene rings is 1. The minimum Gasteiger partial charge on any atom is -0.337 e. The monoisotopic (exact) mass is 363 g/mol. The molecule has 0 saturated heterocycles. The molecule has 1 amide bonds. The van der Waals surface area contributed by atoms with E-state index in [1.54, 1.807) is 36.3 Å². The van der Waals surface area contributed by atoms with E-state index in [1.807, 2.05) is 12.1 Å². The molecular weight excluding hydrogens is 354 g/mol. The Labute approximate surface area is 136 Å². The van der Waals surface area contributed by atoms with Crippen molar-refractivity contribution in [2.75, 3.05) is 7.05 Å². The molecule has 0 saturated carbocycles. The van der Waals surface area contributed by atoms with Crippen LogP contribution in [-0.4, -0.2) is 22.8 Å². The molecule has 0 bridgehead atoms. The number of aromatic nitrogens is 1. The van der Waals surface area contributed by atoms with Crippen LogP contribution in [0.25, 0.3) is 0 Å². The van der Waals surface area contributed by atoms with E-state index in [1.165, 1.54) is 0 Å². The Hall–Kier alpha value is -1.90. The van der Waals surface area contributed by atoms with Gasteiger partial charge in [-0.3, -0.25) is 4.79 Å². The van der Waals surface area contributed by atoms with Crippen LogP contribution in [0.4, 0.5) is 0 Å². The molecule has 6 heteroatoms. The average molecular weight is 365 g/mol. The van der Waals surface area contributed by atoms with Gasteiger partial charge in [0.25, 0.3) is 5.91 Å². The van der Waals surface area contributed by atoms with E-state index in [-0.39, 0.29) is 11.1 Å². The number of carbonyl (C=O) groups excluding carboxylic acids is 1. The van der Waals surface area contributed by atoms with E-state index in [4.69, 9.17) is 16.9 Å². The van der Waals surface area contributed by atoms with Gasteiger partial charge in [-0.15, -0.1) is 0 Å². The minimum absolute atomic E-state index is 0.176. The molecule has 0 aliphatic rings. The summed E-state index contributed by atoms with van der Waals surface area (Å²) in [6.45, 7) is 0.424. The highest BCUT2D eigenvalue weighted by Crippen LogP contribution is 2.20. The average Bonchev–Trinajstić information content (AvgIpc) is 2.49. The van der Waals surface area contributed by atoms with E-state index < -0.39 is 0 Å². The van der Waals surface area contributed by atoms with Crippen LogP contribution in [0.3, 0.4) is 0 Å². The van der Waals surface area contributed by atoms with Gasteiger partial charge in [0.05, 0.1) is 17.2 Å². The van der Waals surface area contributed by atoms with Gasteiger partial charge in [0, 0.05) is 24.3 Å². The summed E-state index contributed by atoms with van der Waals surface area (Å²) in [4.78, 5) is 17.9. The van der Waals surface area contributed by atoms with E-state index in [9.17, 15) is 4.79 Å². The zero-order valence-corrected chi connectivity index (χ0v) is 13.5. The number of rotatable bonds is 3. The summed E-state index contributed by atoms with van der Waals surface area (Å²) in [6.07, 6.45) is 1.54. The van der Waals surface area contributed by atoms with Gasteiger partial charge in [-0.05, 0) is 39.7 Å². The quantitative estimate of drug-likeness (QED) is 0.781. The third-order valence-electron chi connectivity index (χ3n) is 2.89. The molecule has 4 nitrogen and oxygen atoms in total. The smallest absolute Gasteiger partial charge is 0.257 e. The van der Waals surface area contributed by atoms with Crippen molar-refractivity contribution in [3.8, 4) is 6.07 Å².